The molecule has 0 fully saturated rings. The van der Waals surface area contributed by atoms with E-state index in [1.165, 1.54) is 6.21 Å². The maximum atomic E-state index is 12.4. The summed E-state index contributed by atoms with van der Waals surface area (Å²) >= 11 is 15.3. The molecular weight excluding hydrogens is 519 g/mol. The van der Waals surface area contributed by atoms with E-state index in [1.807, 2.05) is 19.1 Å². The van der Waals surface area contributed by atoms with E-state index in [-0.39, 0.29) is 17.4 Å². The second kappa shape index (κ2) is 11.1. The van der Waals surface area contributed by atoms with E-state index in [0.29, 0.717) is 21.9 Å². The molecule has 1 N–H and O–H groups in total. The fraction of sp³-hybridized carbons (Fsp3) is 0.0870. The van der Waals surface area contributed by atoms with Gasteiger partial charge in [0.1, 0.15) is 16.5 Å². The molecule has 0 spiro atoms. The third-order valence-electron chi connectivity index (χ3n) is 4.13. The van der Waals surface area contributed by atoms with Crippen LogP contribution in [0.1, 0.15) is 21.5 Å². The molecule has 3 aromatic carbocycles. The van der Waals surface area contributed by atoms with Gasteiger partial charge in [0.2, 0.25) is 0 Å². The second-order valence-electron chi connectivity index (χ2n) is 6.57. The number of rotatable bonds is 7. The Balaban J connectivity index is 1.63. The van der Waals surface area contributed by atoms with Crippen molar-refractivity contribution in [2.75, 3.05) is 6.61 Å². The third kappa shape index (κ3) is 6.56. The highest BCUT2D eigenvalue weighted by atomic mass is 79.9. The van der Waals surface area contributed by atoms with Crippen LogP contribution in [0.3, 0.4) is 0 Å². The van der Waals surface area contributed by atoms with Crippen molar-refractivity contribution >= 4 is 57.2 Å². The Morgan fingerprint density at radius 1 is 1.06 bits per heavy atom. The number of ether oxygens (including phenoxy) is 2. The number of halogens is 3. The van der Waals surface area contributed by atoms with Gasteiger partial charge in [0.15, 0.2) is 6.61 Å². The van der Waals surface area contributed by atoms with Crippen molar-refractivity contribution in [3.8, 4) is 11.5 Å². The van der Waals surface area contributed by atoms with Crippen LogP contribution in [0.5, 0.6) is 11.5 Å². The van der Waals surface area contributed by atoms with Crippen LogP contribution in [-0.4, -0.2) is 24.7 Å². The van der Waals surface area contributed by atoms with Crippen LogP contribution in [0.25, 0.3) is 0 Å². The first-order valence-electron chi connectivity index (χ1n) is 9.30. The van der Waals surface area contributed by atoms with Crippen LogP contribution in [0, 0.1) is 6.92 Å². The van der Waals surface area contributed by atoms with E-state index in [0.717, 1.165) is 10.0 Å². The maximum absolute atomic E-state index is 12.4. The molecule has 0 saturated heterocycles. The summed E-state index contributed by atoms with van der Waals surface area (Å²) < 4.78 is 11.6. The van der Waals surface area contributed by atoms with E-state index in [2.05, 4.69) is 26.5 Å². The van der Waals surface area contributed by atoms with E-state index in [9.17, 15) is 9.59 Å². The van der Waals surface area contributed by atoms with Crippen molar-refractivity contribution in [1.29, 1.82) is 0 Å². The molecule has 0 aliphatic carbocycles. The number of nitrogens with zero attached hydrogens (tertiary/aromatic N) is 1. The lowest BCUT2D eigenvalue weighted by molar-refractivity contribution is -0.123. The lowest BCUT2D eigenvalue weighted by atomic mass is 10.1. The SMILES string of the molecule is Cc1ccc(C(=O)Oc2ccc(Br)cc2/C=N/NC(=O)COc2cccc(Cl)c2Cl)cc1. The lowest BCUT2D eigenvalue weighted by Crippen LogP contribution is -2.24. The molecule has 0 bridgehead atoms. The minimum absolute atomic E-state index is 0.222. The molecule has 1 amide bonds. The number of hydrazone groups is 1. The normalized spacial score (nSPS) is 10.8. The molecule has 6 nitrogen and oxygen atoms in total. The summed E-state index contributed by atoms with van der Waals surface area (Å²) in [7, 11) is 0. The smallest absolute Gasteiger partial charge is 0.343 e. The van der Waals surface area contributed by atoms with Crippen LogP contribution in [0.2, 0.25) is 10.0 Å². The number of hydrogen-bond acceptors (Lipinski definition) is 5. The van der Waals surface area contributed by atoms with E-state index >= 15 is 0 Å². The van der Waals surface area contributed by atoms with E-state index in [1.54, 1.807) is 48.5 Å². The van der Waals surface area contributed by atoms with Crippen LogP contribution in [0.15, 0.2) is 70.2 Å². The quantitative estimate of drug-likeness (QED) is 0.179. The van der Waals surface area contributed by atoms with Crippen molar-refractivity contribution in [3.63, 3.8) is 0 Å². The molecule has 0 heterocycles. The Labute approximate surface area is 203 Å². The van der Waals surface area contributed by atoms with Gasteiger partial charge in [-0.15, -0.1) is 0 Å². The maximum Gasteiger partial charge on any atom is 0.343 e. The topological polar surface area (TPSA) is 77.0 Å². The van der Waals surface area contributed by atoms with Crippen molar-refractivity contribution in [3.05, 3.63) is 91.9 Å². The number of benzene rings is 3. The van der Waals surface area contributed by atoms with Crippen molar-refractivity contribution in [1.82, 2.24) is 5.43 Å². The average molecular weight is 536 g/mol. The molecule has 0 aliphatic heterocycles. The summed E-state index contributed by atoms with van der Waals surface area (Å²) in [6.07, 6.45) is 1.37. The minimum atomic E-state index is -0.509. The Hall–Kier alpha value is -2.87. The fourth-order valence-electron chi connectivity index (χ4n) is 2.51. The van der Waals surface area contributed by atoms with Gasteiger partial charge in [0.05, 0.1) is 16.8 Å². The first-order chi connectivity index (χ1) is 15.3. The van der Waals surface area contributed by atoms with E-state index < -0.39 is 11.9 Å². The van der Waals surface area contributed by atoms with Crippen LogP contribution in [0.4, 0.5) is 0 Å². The fourth-order valence-corrected chi connectivity index (χ4v) is 3.23. The minimum Gasteiger partial charge on any atom is -0.482 e. The highest BCUT2D eigenvalue weighted by molar-refractivity contribution is 9.10. The van der Waals surface area contributed by atoms with Gasteiger partial charge in [0, 0.05) is 10.0 Å². The van der Waals surface area contributed by atoms with Gasteiger partial charge in [-0.2, -0.15) is 5.10 Å². The first kappa shape index (κ1) is 23.8. The molecule has 0 radical (unpaired) electrons. The second-order valence-corrected chi connectivity index (χ2v) is 8.27. The van der Waals surface area contributed by atoms with Gasteiger partial charge in [0.25, 0.3) is 5.91 Å². The Morgan fingerprint density at radius 3 is 2.56 bits per heavy atom. The largest absolute Gasteiger partial charge is 0.482 e. The molecule has 164 valence electrons. The van der Waals surface area contributed by atoms with Gasteiger partial charge < -0.3 is 9.47 Å². The van der Waals surface area contributed by atoms with Crippen LogP contribution in [-0.2, 0) is 4.79 Å². The number of hydrogen-bond donors (Lipinski definition) is 1. The standard InChI is InChI=1S/C23H17BrCl2N2O4/c1-14-5-7-15(8-6-14)23(30)32-19-10-9-17(24)11-16(19)12-27-28-21(29)13-31-20-4-2-3-18(25)22(20)26/h2-12H,13H2,1H3,(H,28,29)/b27-12+. The number of nitrogens with one attached hydrogen (secondary N) is 1. The molecule has 0 atom stereocenters. The zero-order chi connectivity index (χ0) is 23.1. The molecule has 3 aromatic rings. The molecular formula is C23H17BrCl2N2O4. The van der Waals surface area contributed by atoms with Gasteiger partial charge >= 0.3 is 5.97 Å². The van der Waals surface area contributed by atoms with E-state index in [4.69, 9.17) is 32.7 Å². The third-order valence-corrected chi connectivity index (χ3v) is 5.42. The van der Waals surface area contributed by atoms with Gasteiger partial charge in [-0.25, -0.2) is 10.2 Å². The first-order valence-corrected chi connectivity index (χ1v) is 10.9. The van der Waals surface area contributed by atoms with Gasteiger partial charge in [-0.1, -0.05) is 62.9 Å². The number of carbonyl (C=O) groups excluding carboxylic acids is 2. The van der Waals surface area contributed by atoms with Gasteiger partial charge in [-0.3, -0.25) is 4.79 Å². The Kier molecular flexibility index (Phi) is 8.27. The molecule has 0 aliphatic rings. The van der Waals surface area contributed by atoms with Crippen molar-refractivity contribution < 1.29 is 19.1 Å². The molecule has 9 heteroatoms. The van der Waals surface area contributed by atoms with Crippen LogP contribution < -0.4 is 14.9 Å². The zero-order valence-corrected chi connectivity index (χ0v) is 19.9. The monoisotopic (exact) mass is 534 g/mol. The summed E-state index contributed by atoms with van der Waals surface area (Å²) in [5.41, 5.74) is 4.29. The molecule has 3 rings (SSSR count). The number of aryl methyl sites for hydroxylation is 1. The lowest BCUT2D eigenvalue weighted by Gasteiger charge is -2.09. The predicted octanol–water partition coefficient (Wildman–Crippen LogP) is 5.81. The van der Waals surface area contributed by atoms with Crippen LogP contribution >= 0.6 is 39.1 Å². The van der Waals surface area contributed by atoms with Crippen molar-refractivity contribution in [2.24, 2.45) is 5.10 Å². The summed E-state index contributed by atoms with van der Waals surface area (Å²) in [6.45, 7) is 1.62. The number of carbonyl (C=O) groups is 2. The Morgan fingerprint density at radius 2 is 1.81 bits per heavy atom. The highest BCUT2D eigenvalue weighted by Crippen LogP contribution is 2.31. The zero-order valence-electron chi connectivity index (χ0n) is 16.8. The molecule has 0 saturated carbocycles. The summed E-state index contributed by atoms with van der Waals surface area (Å²) in [6, 6.07) is 17.0. The summed E-state index contributed by atoms with van der Waals surface area (Å²) in [4.78, 5) is 24.5. The van der Waals surface area contributed by atoms with Gasteiger partial charge in [-0.05, 0) is 49.4 Å². The summed E-state index contributed by atoms with van der Waals surface area (Å²) in [5.74, 6) is -0.433. The predicted molar refractivity (Wildman–Crippen MR) is 128 cm³/mol. The summed E-state index contributed by atoms with van der Waals surface area (Å²) in [5, 5.41) is 4.46. The van der Waals surface area contributed by atoms with Crippen molar-refractivity contribution in [2.45, 2.75) is 6.92 Å². The molecule has 32 heavy (non-hydrogen) atoms. The number of esters is 1. The highest BCUT2D eigenvalue weighted by Gasteiger charge is 2.12. The number of amides is 1. The Bertz CT molecular complexity index is 1170. The molecule has 0 aromatic heterocycles. The average Bonchev–Trinajstić information content (AvgIpc) is 2.77. The molecule has 0 unspecified atom stereocenters.